The first kappa shape index (κ1) is 20.2. The number of nitrogens with zero attached hydrogens (tertiary/aromatic N) is 2. The Kier molecular flexibility index (Phi) is 6.78. The highest BCUT2D eigenvalue weighted by molar-refractivity contribution is 5.78. The molecule has 0 radical (unpaired) electrons. The molecule has 0 saturated carbocycles. The SMILES string of the molecule is O=C(CN1CCN(c2ccccc2)CC1)NC(Cc1ccccc1)c1ccccc1. The van der Waals surface area contributed by atoms with E-state index >= 15 is 0 Å². The normalized spacial score (nSPS) is 15.5. The average Bonchev–Trinajstić information content (AvgIpc) is 2.81. The van der Waals surface area contributed by atoms with Crippen LogP contribution in [0.5, 0.6) is 0 Å². The maximum atomic E-state index is 12.9. The number of carbonyl (C=O) groups excluding carboxylic acids is 1. The van der Waals surface area contributed by atoms with Crippen LogP contribution < -0.4 is 10.2 Å². The van der Waals surface area contributed by atoms with Crippen LogP contribution in [0.3, 0.4) is 0 Å². The van der Waals surface area contributed by atoms with Gasteiger partial charge in [0.05, 0.1) is 12.6 Å². The van der Waals surface area contributed by atoms with Crippen LogP contribution >= 0.6 is 0 Å². The van der Waals surface area contributed by atoms with Gasteiger partial charge in [-0.25, -0.2) is 0 Å². The predicted molar refractivity (Wildman–Crippen MR) is 123 cm³/mol. The second-order valence-electron chi connectivity index (χ2n) is 7.82. The van der Waals surface area contributed by atoms with Crippen molar-refractivity contribution in [3.63, 3.8) is 0 Å². The second-order valence-corrected chi connectivity index (χ2v) is 7.82. The number of benzene rings is 3. The highest BCUT2D eigenvalue weighted by Crippen LogP contribution is 2.19. The molecule has 0 aromatic heterocycles. The lowest BCUT2D eigenvalue weighted by Gasteiger charge is -2.36. The summed E-state index contributed by atoms with van der Waals surface area (Å²) in [5, 5.41) is 3.28. The van der Waals surface area contributed by atoms with E-state index in [9.17, 15) is 4.79 Å². The van der Waals surface area contributed by atoms with Crippen molar-refractivity contribution in [1.29, 1.82) is 0 Å². The van der Waals surface area contributed by atoms with E-state index in [0.717, 1.165) is 38.2 Å². The van der Waals surface area contributed by atoms with E-state index in [1.807, 2.05) is 42.5 Å². The van der Waals surface area contributed by atoms with E-state index in [1.165, 1.54) is 11.3 Å². The summed E-state index contributed by atoms with van der Waals surface area (Å²) in [6.07, 6.45) is 0.790. The number of para-hydroxylation sites is 1. The Morgan fingerprint density at radius 3 is 1.97 bits per heavy atom. The number of rotatable bonds is 7. The molecule has 3 aromatic carbocycles. The van der Waals surface area contributed by atoms with Gasteiger partial charge in [0, 0.05) is 31.9 Å². The van der Waals surface area contributed by atoms with Gasteiger partial charge in [-0.1, -0.05) is 78.9 Å². The molecule has 1 aliphatic rings. The fraction of sp³-hybridized carbons (Fsp3) is 0.269. The number of nitrogens with one attached hydrogen (secondary N) is 1. The highest BCUT2D eigenvalue weighted by Gasteiger charge is 2.21. The van der Waals surface area contributed by atoms with Crippen molar-refractivity contribution in [2.45, 2.75) is 12.5 Å². The Morgan fingerprint density at radius 1 is 0.767 bits per heavy atom. The third-order valence-corrected chi connectivity index (χ3v) is 5.68. The summed E-state index contributed by atoms with van der Waals surface area (Å²) in [6, 6.07) is 31.1. The van der Waals surface area contributed by atoms with Crippen LogP contribution in [-0.4, -0.2) is 43.5 Å². The van der Waals surface area contributed by atoms with Crippen LogP contribution in [0.4, 0.5) is 5.69 Å². The van der Waals surface area contributed by atoms with Gasteiger partial charge in [-0.15, -0.1) is 0 Å². The molecule has 154 valence electrons. The lowest BCUT2D eigenvalue weighted by atomic mass is 9.99. The Balaban J connectivity index is 1.34. The van der Waals surface area contributed by atoms with Gasteiger partial charge in [-0.2, -0.15) is 0 Å². The van der Waals surface area contributed by atoms with Gasteiger partial charge in [0.15, 0.2) is 0 Å². The fourth-order valence-corrected chi connectivity index (χ4v) is 4.03. The van der Waals surface area contributed by atoms with E-state index < -0.39 is 0 Å². The fourth-order valence-electron chi connectivity index (χ4n) is 4.03. The summed E-state index contributed by atoms with van der Waals surface area (Å²) in [7, 11) is 0. The molecule has 0 aliphatic carbocycles. The van der Waals surface area contributed by atoms with Gasteiger partial charge in [-0.3, -0.25) is 9.69 Å². The highest BCUT2D eigenvalue weighted by atomic mass is 16.2. The zero-order valence-electron chi connectivity index (χ0n) is 17.3. The first-order valence-electron chi connectivity index (χ1n) is 10.7. The molecule has 0 spiro atoms. The molecule has 30 heavy (non-hydrogen) atoms. The lowest BCUT2D eigenvalue weighted by molar-refractivity contribution is -0.123. The standard InChI is InChI=1S/C26H29N3O/c30-26(21-28-16-18-29(19-17-28)24-14-8-3-9-15-24)27-25(23-12-6-2-7-13-23)20-22-10-4-1-5-11-22/h1-15,25H,16-21H2,(H,27,30). The Labute approximate surface area is 179 Å². The van der Waals surface area contributed by atoms with E-state index in [4.69, 9.17) is 0 Å². The van der Waals surface area contributed by atoms with Crippen molar-refractivity contribution < 1.29 is 4.79 Å². The Morgan fingerprint density at radius 2 is 1.33 bits per heavy atom. The molecule has 1 amide bonds. The maximum Gasteiger partial charge on any atom is 0.234 e. The minimum Gasteiger partial charge on any atom is -0.369 e. The molecule has 4 rings (SSSR count). The maximum absolute atomic E-state index is 12.9. The molecule has 1 heterocycles. The predicted octanol–water partition coefficient (Wildman–Crippen LogP) is 3.91. The molecule has 4 nitrogen and oxygen atoms in total. The largest absolute Gasteiger partial charge is 0.369 e. The molecule has 1 fully saturated rings. The van der Waals surface area contributed by atoms with E-state index in [0.29, 0.717) is 6.54 Å². The molecule has 1 N–H and O–H groups in total. The zero-order valence-corrected chi connectivity index (χ0v) is 17.3. The molecule has 1 atom stereocenters. The minimum atomic E-state index is -0.0216. The smallest absolute Gasteiger partial charge is 0.234 e. The van der Waals surface area contributed by atoms with Crippen molar-refractivity contribution >= 4 is 11.6 Å². The van der Waals surface area contributed by atoms with Crippen LogP contribution in [0, 0.1) is 0 Å². The van der Waals surface area contributed by atoms with Crippen molar-refractivity contribution in [3.05, 3.63) is 102 Å². The first-order chi connectivity index (χ1) is 14.8. The number of piperazine rings is 1. The van der Waals surface area contributed by atoms with Crippen LogP contribution in [0.2, 0.25) is 0 Å². The third kappa shape index (κ3) is 5.49. The van der Waals surface area contributed by atoms with Crippen LogP contribution in [0.1, 0.15) is 17.2 Å². The van der Waals surface area contributed by atoms with Gasteiger partial charge in [-0.05, 0) is 29.7 Å². The molecule has 3 aromatic rings. The Hall–Kier alpha value is -3.11. The summed E-state index contributed by atoms with van der Waals surface area (Å²) in [4.78, 5) is 17.5. The van der Waals surface area contributed by atoms with Gasteiger partial charge in [0.2, 0.25) is 5.91 Å². The number of hydrogen-bond acceptors (Lipinski definition) is 3. The summed E-state index contributed by atoms with van der Waals surface area (Å²) in [5.41, 5.74) is 3.63. The van der Waals surface area contributed by atoms with Crippen LogP contribution in [0.15, 0.2) is 91.0 Å². The van der Waals surface area contributed by atoms with E-state index in [1.54, 1.807) is 0 Å². The van der Waals surface area contributed by atoms with Crippen LogP contribution in [-0.2, 0) is 11.2 Å². The molecule has 4 heteroatoms. The molecule has 0 bridgehead atoms. The molecular formula is C26H29N3O. The number of anilines is 1. The molecule has 1 unspecified atom stereocenters. The summed E-state index contributed by atoms with van der Waals surface area (Å²) >= 11 is 0. The molecule has 1 saturated heterocycles. The van der Waals surface area contributed by atoms with Gasteiger partial charge in [0.25, 0.3) is 0 Å². The third-order valence-electron chi connectivity index (χ3n) is 5.68. The van der Waals surface area contributed by atoms with E-state index in [2.05, 4.69) is 63.6 Å². The quantitative estimate of drug-likeness (QED) is 0.654. The lowest BCUT2D eigenvalue weighted by Crippen LogP contribution is -2.50. The van der Waals surface area contributed by atoms with Crippen LogP contribution in [0.25, 0.3) is 0 Å². The van der Waals surface area contributed by atoms with Crippen molar-refractivity contribution in [2.75, 3.05) is 37.6 Å². The number of carbonyl (C=O) groups is 1. The topological polar surface area (TPSA) is 35.6 Å². The monoisotopic (exact) mass is 399 g/mol. The molecular weight excluding hydrogens is 370 g/mol. The number of amides is 1. The second kappa shape index (κ2) is 10.1. The molecule has 1 aliphatic heterocycles. The summed E-state index contributed by atoms with van der Waals surface area (Å²) < 4.78 is 0. The van der Waals surface area contributed by atoms with Gasteiger partial charge < -0.3 is 10.2 Å². The van der Waals surface area contributed by atoms with Gasteiger partial charge >= 0.3 is 0 Å². The van der Waals surface area contributed by atoms with Crippen molar-refractivity contribution in [3.8, 4) is 0 Å². The summed E-state index contributed by atoms with van der Waals surface area (Å²) in [5.74, 6) is 0.0907. The van der Waals surface area contributed by atoms with Crippen molar-refractivity contribution in [1.82, 2.24) is 10.2 Å². The zero-order chi connectivity index (χ0) is 20.6. The number of hydrogen-bond donors (Lipinski definition) is 1. The van der Waals surface area contributed by atoms with E-state index in [-0.39, 0.29) is 11.9 Å². The average molecular weight is 400 g/mol. The van der Waals surface area contributed by atoms with Gasteiger partial charge in [0.1, 0.15) is 0 Å². The minimum absolute atomic E-state index is 0.0216. The Bertz CT molecular complexity index is 907. The van der Waals surface area contributed by atoms with Crippen molar-refractivity contribution in [2.24, 2.45) is 0 Å². The first-order valence-corrected chi connectivity index (χ1v) is 10.7. The summed E-state index contributed by atoms with van der Waals surface area (Å²) in [6.45, 7) is 4.14.